The lowest BCUT2D eigenvalue weighted by Crippen LogP contribution is -2.09. The summed E-state index contributed by atoms with van der Waals surface area (Å²) < 4.78 is 4.98. The lowest BCUT2D eigenvalue weighted by atomic mass is 10.2. The highest BCUT2D eigenvalue weighted by atomic mass is 16.6. The number of allylic oxidation sites excluding steroid dienone is 1. The third-order valence-corrected chi connectivity index (χ3v) is 1.76. The summed E-state index contributed by atoms with van der Waals surface area (Å²) in [6.45, 7) is 5.97. The van der Waals surface area contributed by atoms with Crippen LogP contribution in [0.2, 0.25) is 0 Å². The molecular formula is C10H15NO2. The minimum absolute atomic E-state index is 0.177. The van der Waals surface area contributed by atoms with Crippen LogP contribution in [-0.4, -0.2) is 11.9 Å². The quantitative estimate of drug-likeness (QED) is 0.495. The number of ether oxygens (including phenoxy) is 1. The lowest BCUT2D eigenvalue weighted by Gasteiger charge is -1.99. The zero-order valence-electron chi connectivity index (χ0n) is 8.33. The standard InChI is InChI=1S/C10H15NO2/c1-4-5-6-8-10(12)13-9(11-8)7(2)3/h6-7H,4-5H2,1-3H3/b8-6-. The molecule has 0 fully saturated rings. The number of nitrogens with zero attached hydrogens (tertiary/aromatic N) is 1. The number of carbonyl (C=O) groups excluding carboxylic acids is 1. The lowest BCUT2D eigenvalue weighted by molar-refractivity contribution is -0.130. The zero-order valence-corrected chi connectivity index (χ0v) is 8.33. The minimum Gasteiger partial charge on any atom is -0.407 e. The summed E-state index contributed by atoms with van der Waals surface area (Å²) in [7, 11) is 0. The van der Waals surface area contributed by atoms with Crippen molar-refractivity contribution in [2.45, 2.75) is 33.6 Å². The molecule has 3 heteroatoms. The van der Waals surface area contributed by atoms with Gasteiger partial charge < -0.3 is 4.74 Å². The van der Waals surface area contributed by atoms with Gasteiger partial charge in [-0.2, -0.15) is 0 Å². The molecule has 1 rings (SSSR count). The van der Waals surface area contributed by atoms with E-state index in [0.717, 1.165) is 12.8 Å². The molecule has 0 saturated carbocycles. The van der Waals surface area contributed by atoms with Crippen LogP contribution < -0.4 is 0 Å². The van der Waals surface area contributed by atoms with Crippen LogP contribution in [0.3, 0.4) is 0 Å². The summed E-state index contributed by atoms with van der Waals surface area (Å²) in [6, 6.07) is 0. The predicted octanol–water partition coefficient (Wildman–Crippen LogP) is 2.28. The number of cyclic esters (lactones) is 1. The minimum atomic E-state index is -0.308. The maximum Gasteiger partial charge on any atom is 0.363 e. The van der Waals surface area contributed by atoms with E-state index < -0.39 is 0 Å². The highest BCUT2D eigenvalue weighted by molar-refractivity contribution is 6.05. The van der Waals surface area contributed by atoms with Crippen molar-refractivity contribution in [3.05, 3.63) is 11.8 Å². The Hall–Kier alpha value is -1.12. The molecule has 0 unspecified atom stereocenters. The fourth-order valence-corrected chi connectivity index (χ4v) is 0.991. The molecule has 72 valence electrons. The van der Waals surface area contributed by atoms with E-state index in [2.05, 4.69) is 11.9 Å². The third-order valence-electron chi connectivity index (χ3n) is 1.76. The van der Waals surface area contributed by atoms with Gasteiger partial charge in [-0.3, -0.25) is 0 Å². The first-order valence-corrected chi connectivity index (χ1v) is 4.66. The summed E-state index contributed by atoms with van der Waals surface area (Å²) in [5, 5.41) is 0. The number of aliphatic imine (C=N–C) groups is 1. The molecule has 1 aliphatic heterocycles. The van der Waals surface area contributed by atoms with E-state index in [0.29, 0.717) is 11.6 Å². The normalized spacial score (nSPS) is 19.5. The molecule has 0 aliphatic carbocycles. The Balaban J connectivity index is 2.72. The highest BCUT2D eigenvalue weighted by Crippen LogP contribution is 2.16. The molecule has 1 aliphatic rings. The predicted molar refractivity (Wildman–Crippen MR) is 51.4 cm³/mol. The molecule has 0 atom stereocenters. The smallest absolute Gasteiger partial charge is 0.363 e. The summed E-state index contributed by atoms with van der Waals surface area (Å²) >= 11 is 0. The van der Waals surface area contributed by atoms with E-state index in [4.69, 9.17) is 4.74 Å². The van der Waals surface area contributed by atoms with Crippen LogP contribution in [0, 0.1) is 5.92 Å². The van der Waals surface area contributed by atoms with Crippen molar-refractivity contribution in [1.82, 2.24) is 0 Å². The van der Waals surface area contributed by atoms with Gasteiger partial charge in [0.2, 0.25) is 5.90 Å². The maximum absolute atomic E-state index is 11.2. The summed E-state index contributed by atoms with van der Waals surface area (Å²) in [6.07, 6.45) is 3.72. The summed E-state index contributed by atoms with van der Waals surface area (Å²) in [5.41, 5.74) is 0.463. The van der Waals surface area contributed by atoms with Gasteiger partial charge in [-0.05, 0) is 6.42 Å². The average molecular weight is 181 g/mol. The van der Waals surface area contributed by atoms with Crippen LogP contribution in [0.5, 0.6) is 0 Å². The topological polar surface area (TPSA) is 38.7 Å². The van der Waals surface area contributed by atoms with Gasteiger partial charge in [0, 0.05) is 5.92 Å². The van der Waals surface area contributed by atoms with Crippen LogP contribution in [0.1, 0.15) is 33.6 Å². The van der Waals surface area contributed by atoms with Gasteiger partial charge >= 0.3 is 5.97 Å². The first kappa shape index (κ1) is 9.96. The number of carbonyl (C=O) groups is 1. The second kappa shape index (κ2) is 4.21. The Labute approximate surface area is 78.5 Å². The van der Waals surface area contributed by atoms with Crippen LogP contribution in [-0.2, 0) is 9.53 Å². The van der Waals surface area contributed by atoms with Crippen LogP contribution in [0.4, 0.5) is 0 Å². The second-order valence-corrected chi connectivity index (χ2v) is 3.37. The van der Waals surface area contributed by atoms with E-state index in [9.17, 15) is 4.79 Å². The van der Waals surface area contributed by atoms with Crippen molar-refractivity contribution >= 4 is 11.9 Å². The van der Waals surface area contributed by atoms with Gasteiger partial charge in [0.25, 0.3) is 0 Å². The number of hydrogen-bond donors (Lipinski definition) is 0. The molecule has 3 nitrogen and oxygen atoms in total. The molecule has 0 aromatic rings. The first-order chi connectivity index (χ1) is 6.15. The monoisotopic (exact) mass is 181 g/mol. The Kier molecular flexibility index (Phi) is 3.23. The third kappa shape index (κ3) is 2.41. The molecule has 0 aromatic carbocycles. The molecule has 0 N–H and O–H groups in total. The molecule has 0 radical (unpaired) electrons. The van der Waals surface area contributed by atoms with Crippen LogP contribution in [0.25, 0.3) is 0 Å². The SMILES string of the molecule is CCC/C=C1\N=C(C(C)C)OC1=O. The Morgan fingerprint density at radius 1 is 1.54 bits per heavy atom. The Bertz CT molecular complexity index is 264. The van der Waals surface area contributed by atoms with Crippen molar-refractivity contribution in [3.8, 4) is 0 Å². The van der Waals surface area contributed by atoms with Gasteiger partial charge in [-0.1, -0.05) is 33.3 Å². The van der Waals surface area contributed by atoms with Gasteiger partial charge in [0.15, 0.2) is 0 Å². The Morgan fingerprint density at radius 3 is 2.69 bits per heavy atom. The molecule has 0 spiro atoms. The Morgan fingerprint density at radius 2 is 2.23 bits per heavy atom. The van der Waals surface area contributed by atoms with E-state index >= 15 is 0 Å². The zero-order chi connectivity index (χ0) is 9.84. The van der Waals surface area contributed by atoms with Crippen molar-refractivity contribution < 1.29 is 9.53 Å². The molecule has 0 bridgehead atoms. The molecule has 0 saturated heterocycles. The molecule has 1 heterocycles. The van der Waals surface area contributed by atoms with Crippen molar-refractivity contribution in [1.29, 1.82) is 0 Å². The van der Waals surface area contributed by atoms with Crippen molar-refractivity contribution in [2.24, 2.45) is 10.9 Å². The van der Waals surface area contributed by atoms with E-state index in [1.807, 2.05) is 19.9 Å². The highest BCUT2D eigenvalue weighted by Gasteiger charge is 2.23. The number of esters is 1. The molecule has 13 heavy (non-hydrogen) atoms. The molecule has 0 aromatic heterocycles. The fourth-order valence-electron chi connectivity index (χ4n) is 0.991. The number of rotatable bonds is 3. The first-order valence-electron chi connectivity index (χ1n) is 4.66. The molecule has 0 amide bonds. The van der Waals surface area contributed by atoms with E-state index in [-0.39, 0.29) is 11.9 Å². The number of hydrogen-bond acceptors (Lipinski definition) is 3. The van der Waals surface area contributed by atoms with E-state index in [1.54, 1.807) is 0 Å². The van der Waals surface area contributed by atoms with Crippen molar-refractivity contribution in [2.75, 3.05) is 0 Å². The summed E-state index contributed by atoms with van der Waals surface area (Å²) in [5.74, 6) is 0.404. The number of unbranched alkanes of at least 4 members (excludes halogenated alkanes) is 1. The van der Waals surface area contributed by atoms with Gasteiger partial charge in [0.1, 0.15) is 5.70 Å². The maximum atomic E-state index is 11.2. The van der Waals surface area contributed by atoms with Crippen LogP contribution in [0.15, 0.2) is 16.8 Å². The average Bonchev–Trinajstić information content (AvgIpc) is 2.44. The van der Waals surface area contributed by atoms with Gasteiger partial charge in [0.05, 0.1) is 0 Å². The fraction of sp³-hybridized carbons (Fsp3) is 0.600. The van der Waals surface area contributed by atoms with Crippen molar-refractivity contribution in [3.63, 3.8) is 0 Å². The van der Waals surface area contributed by atoms with E-state index in [1.165, 1.54) is 0 Å². The second-order valence-electron chi connectivity index (χ2n) is 3.37. The molecular weight excluding hydrogens is 166 g/mol. The van der Waals surface area contributed by atoms with Gasteiger partial charge in [-0.15, -0.1) is 0 Å². The van der Waals surface area contributed by atoms with Gasteiger partial charge in [-0.25, -0.2) is 9.79 Å². The van der Waals surface area contributed by atoms with Crippen LogP contribution >= 0.6 is 0 Å². The summed E-state index contributed by atoms with van der Waals surface area (Å²) in [4.78, 5) is 15.3. The largest absolute Gasteiger partial charge is 0.407 e.